The van der Waals surface area contributed by atoms with Gasteiger partial charge in [-0.1, -0.05) is 39.5 Å². The molecule has 0 aliphatic rings. The third-order valence-electron chi connectivity index (χ3n) is 6.59. The van der Waals surface area contributed by atoms with Gasteiger partial charge in [-0.3, -0.25) is 0 Å². The summed E-state index contributed by atoms with van der Waals surface area (Å²) in [5.74, 6) is 1.94. The van der Waals surface area contributed by atoms with Crippen LogP contribution in [0.4, 0.5) is 5.95 Å². The van der Waals surface area contributed by atoms with Crippen LogP contribution in [0.3, 0.4) is 0 Å². The van der Waals surface area contributed by atoms with E-state index in [0.29, 0.717) is 12.5 Å². The van der Waals surface area contributed by atoms with Gasteiger partial charge in [0.25, 0.3) is 0 Å². The van der Waals surface area contributed by atoms with Crippen molar-refractivity contribution in [1.82, 2.24) is 35.2 Å². The molecule has 1 atom stereocenters. The molecule has 3 aromatic heterocycles. The van der Waals surface area contributed by atoms with Gasteiger partial charge < -0.3 is 9.64 Å². The SMILES string of the molecule is CCCCCCCc1cnc(N(CC)CCC(C)c2nc(COc3ccc(-n4cnnn4)cc3)cs2)nc1. The highest BCUT2D eigenvalue weighted by Gasteiger charge is 2.15. The summed E-state index contributed by atoms with van der Waals surface area (Å²) in [5.41, 5.74) is 3.06. The third-order valence-corrected chi connectivity index (χ3v) is 7.71. The molecule has 10 heteroatoms. The first kappa shape index (κ1) is 27.6. The number of benzene rings is 1. The summed E-state index contributed by atoms with van der Waals surface area (Å²) >= 11 is 1.70. The molecule has 38 heavy (non-hydrogen) atoms. The van der Waals surface area contributed by atoms with Gasteiger partial charge in [0.2, 0.25) is 5.95 Å². The van der Waals surface area contributed by atoms with E-state index in [9.17, 15) is 0 Å². The van der Waals surface area contributed by atoms with Crippen molar-refractivity contribution in [3.05, 3.63) is 64.6 Å². The fourth-order valence-electron chi connectivity index (χ4n) is 4.19. The lowest BCUT2D eigenvalue weighted by Gasteiger charge is -2.22. The predicted octanol–water partition coefficient (Wildman–Crippen LogP) is 6.02. The van der Waals surface area contributed by atoms with Gasteiger partial charge in [-0.2, -0.15) is 0 Å². The van der Waals surface area contributed by atoms with Gasteiger partial charge in [0.05, 0.1) is 16.4 Å². The van der Waals surface area contributed by atoms with Crippen LogP contribution >= 0.6 is 11.3 Å². The van der Waals surface area contributed by atoms with Crippen molar-refractivity contribution in [2.45, 2.75) is 78.2 Å². The van der Waals surface area contributed by atoms with Crippen molar-refractivity contribution in [3.8, 4) is 11.4 Å². The lowest BCUT2D eigenvalue weighted by molar-refractivity contribution is 0.301. The second-order valence-corrected chi connectivity index (χ2v) is 10.4. The van der Waals surface area contributed by atoms with E-state index in [1.807, 2.05) is 36.7 Å². The lowest BCUT2D eigenvalue weighted by Crippen LogP contribution is -2.27. The fraction of sp³-hybridized carbons (Fsp3) is 0.500. The van der Waals surface area contributed by atoms with Crippen LogP contribution in [0.15, 0.2) is 48.4 Å². The lowest BCUT2D eigenvalue weighted by atomic mass is 10.1. The molecule has 0 saturated heterocycles. The largest absolute Gasteiger partial charge is 0.487 e. The number of rotatable bonds is 16. The number of thiazole rings is 1. The molecule has 1 unspecified atom stereocenters. The third kappa shape index (κ3) is 8.05. The van der Waals surface area contributed by atoms with E-state index in [1.54, 1.807) is 22.3 Å². The van der Waals surface area contributed by atoms with Crippen LogP contribution in [0.5, 0.6) is 5.75 Å². The molecule has 0 fully saturated rings. The summed E-state index contributed by atoms with van der Waals surface area (Å²) in [6.45, 7) is 8.85. The molecule has 1 aromatic carbocycles. The maximum atomic E-state index is 5.94. The van der Waals surface area contributed by atoms with Gasteiger partial charge in [-0.15, -0.1) is 16.4 Å². The first-order valence-electron chi connectivity index (χ1n) is 13.6. The number of hydrogen-bond donors (Lipinski definition) is 0. The maximum Gasteiger partial charge on any atom is 0.225 e. The molecule has 0 spiro atoms. The highest BCUT2D eigenvalue weighted by molar-refractivity contribution is 7.09. The molecular weight excluding hydrogens is 496 g/mol. The minimum absolute atomic E-state index is 0.348. The van der Waals surface area contributed by atoms with Crippen LogP contribution < -0.4 is 9.64 Å². The summed E-state index contributed by atoms with van der Waals surface area (Å²) in [6, 6.07) is 7.67. The summed E-state index contributed by atoms with van der Waals surface area (Å²) in [4.78, 5) is 16.4. The highest BCUT2D eigenvalue weighted by atomic mass is 32.1. The van der Waals surface area contributed by atoms with Crippen LogP contribution in [0.1, 0.15) is 81.5 Å². The monoisotopic (exact) mass is 534 g/mol. The Labute approximate surface area is 229 Å². The second kappa shape index (κ2) is 14.5. The van der Waals surface area contributed by atoms with Crippen LogP contribution in [-0.2, 0) is 13.0 Å². The van der Waals surface area contributed by atoms with Gasteiger partial charge in [0.1, 0.15) is 18.7 Å². The van der Waals surface area contributed by atoms with Crippen LogP contribution in [0.2, 0.25) is 0 Å². The van der Waals surface area contributed by atoms with E-state index in [-0.39, 0.29) is 0 Å². The van der Waals surface area contributed by atoms with E-state index >= 15 is 0 Å². The number of ether oxygens (including phenoxy) is 1. The Morgan fingerprint density at radius 1 is 1.03 bits per heavy atom. The van der Waals surface area contributed by atoms with Crippen molar-refractivity contribution in [3.63, 3.8) is 0 Å². The smallest absolute Gasteiger partial charge is 0.225 e. The molecule has 0 bridgehead atoms. The fourth-order valence-corrected chi connectivity index (χ4v) is 5.09. The number of hydrogen-bond acceptors (Lipinski definition) is 9. The molecule has 0 amide bonds. The van der Waals surface area contributed by atoms with Gasteiger partial charge >= 0.3 is 0 Å². The molecule has 0 aliphatic carbocycles. The summed E-state index contributed by atoms with van der Waals surface area (Å²) in [6.07, 6.45) is 14.0. The van der Waals surface area contributed by atoms with Crippen LogP contribution in [0.25, 0.3) is 5.69 Å². The Morgan fingerprint density at radius 2 is 1.82 bits per heavy atom. The molecule has 4 rings (SSSR count). The number of aromatic nitrogens is 7. The van der Waals surface area contributed by atoms with Gasteiger partial charge in [0.15, 0.2) is 0 Å². The molecule has 0 radical (unpaired) electrons. The molecular formula is C28H38N8OS. The molecule has 0 N–H and O–H groups in total. The number of aryl methyl sites for hydroxylation is 1. The molecule has 9 nitrogen and oxygen atoms in total. The van der Waals surface area contributed by atoms with E-state index in [2.05, 4.69) is 56.5 Å². The number of tetrazole rings is 1. The number of nitrogens with zero attached hydrogens (tertiary/aromatic N) is 8. The van der Waals surface area contributed by atoms with E-state index in [4.69, 9.17) is 9.72 Å². The Balaban J connectivity index is 1.22. The minimum Gasteiger partial charge on any atom is -0.487 e. The van der Waals surface area contributed by atoms with Crippen molar-refractivity contribution < 1.29 is 4.74 Å². The molecule has 4 aromatic rings. The predicted molar refractivity (Wildman–Crippen MR) is 151 cm³/mol. The number of unbranched alkanes of at least 4 members (excludes halogenated alkanes) is 4. The zero-order valence-corrected chi connectivity index (χ0v) is 23.5. The van der Waals surface area contributed by atoms with Crippen molar-refractivity contribution in [2.75, 3.05) is 18.0 Å². The Morgan fingerprint density at radius 3 is 2.53 bits per heavy atom. The summed E-state index contributed by atoms with van der Waals surface area (Å²) in [7, 11) is 0. The first-order valence-corrected chi connectivity index (χ1v) is 14.5. The van der Waals surface area contributed by atoms with Crippen molar-refractivity contribution >= 4 is 17.3 Å². The Bertz CT molecular complexity index is 1190. The zero-order valence-electron chi connectivity index (χ0n) is 22.7. The van der Waals surface area contributed by atoms with Gasteiger partial charge in [-0.05, 0) is 66.4 Å². The Kier molecular flexibility index (Phi) is 10.6. The Hall–Kier alpha value is -3.40. The van der Waals surface area contributed by atoms with E-state index in [1.165, 1.54) is 37.7 Å². The maximum absolute atomic E-state index is 5.94. The second-order valence-electron chi connectivity index (χ2n) is 9.54. The van der Waals surface area contributed by atoms with E-state index < -0.39 is 0 Å². The van der Waals surface area contributed by atoms with Crippen LogP contribution in [0, 0.1) is 0 Å². The zero-order chi connectivity index (χ0) is 26.6. The van der Waals surface area contributed by atoms with Gasteiger partial charge in [-0.25, -0.2) is 19.6 Å². The molecule has 0 aliphatic heterocycles. The first-order chi connectivity index (χ1) is 18.7. The molecule has 0 saturated carbocycles. The standard InChI is InChI=1S/C28H38N8OS/c1-4-6-7-8-9-10-23-17-29-28(30-18-23)35(5-2)16-15-22(3)27-32-24(20-38-27)19-37-26-13-11-25(12-14-26)36-21-31-33-34-36/h11-14,17-18,20-22H,4-10,15-16,19H2,1-3H3. The van der Waals surface area contributed by atoms with Crippen molar-refractivity contribution in [2.24, 2.45) is 0 Å². The minimum atomic E-state index is 0.348. The summed E-state index contributed by atoms with van der Waals surface area (Å²) < 4.78 is 7.55. The average molecular weight is 535 g/mol. The summed E-state index contributed by atoms with van der Waals surface area (Å²) in [5, 5.41) is 14.4. The topological polar surface area (TPSA) is 94.7 Å². The highest BCUT2D eigenvalue weighted by Crippen LogP contribution is 2.25. The molecule has 202 valence electrons. The average Bonchev–Trinajstić information content (AvgIpc) is 3.66. The number of anilines is 1. The van der Waals surface area contributed by atoms with Crippen molar-refractivity contribution in [1.29, 1.82) is 0 Å². The molecule has 3 heterocycles. The van der Waals surface area contributed by atoms with Gasteiger partial charge in [0, 0.05) is 36.8 Å². The van der Waals surface area contributed by atoms with E-state index in [0.717, 1.165) is 54.0 Å². The normalized spacial score (nSPS) is 12.0. The quantitative estimate of drug-likeness (QED) is 0.161. The van der Waals surface area contributed by atoms with Crippen LogP contribution in [-0.4, -0.2) is 48.2 Å².